The van der Waals surface area contributed by atoms with Crippen LogP contribution in [0.25, 0.3) is 10.9 Å². The summed E-state index contributed by atoms with van der Waals surface area (Å²) in [5, 5.41) is 6.76. The topological polar surface area (TPSA) is 104 Å². The number of fused-ring (bicyclic) bond motifs is 1. The molecule has 0 unspecified atom stereocenters. The molecule has 3 N–H and O–H groups in total. The van der Waals surface area contributed by atoms with E-state index in [1.54, 1.807) is 67.6 Å². The number of hydrogen-bond donors (Lipinski definition) is 3. The minimum atomic E-state index is -0.360. The Balaban J connectivity index is 1.46. The second kappa shape index (κ2) is 10.3. The maximum absolute atomic E-state index is 13.0. The van der Waals surface area contributed by atoms with Gasteiger partial charge in [0.15, 0.2) is 0 Å². The first-order valence-electron chi connectivity index (χ1n) is 10.1. The fourth-order valence-electron chi connectivity index (χ4n) is 3.28. The van der Waals surface area contributed by atoms with E-state index in [1.807, 2.05) is 0 Å². The predicted molar refractivity (Wildman–Crippen MR) is 137 cm³/mol. The number of benzene rings is 3. The van der Waals surface area contributed by atoms with Gasteiger partial charge in [-0.25, -0.2) is 4.98 Å². The highest BCUT2D eigenvalue weighted by molar-refractivity contribution is 8.00. The zero-order chi connectivity index (χ0) is 24.2. The standard InChI is InChI=1S/C24H18Cl2N4O3S/c1-13-27-20-7-6-16(11-19(20)24(33)28-13)30-23(32)18-4-2-3-5-21(18)34-12-22(31)29-17-9-14(25)8-15(26)10-17/h2-11H,12H2,1H3,(H,29,31)(H,30,32)(H,27,28,33). The van der Waals surface area contributed by atoms with Crippen LogP contribution in [0.4, 0.5) is 11.4 Å². The van der Waals surface area contributed by atoms with Gasteiger partial charge < -0.3 is 15.6 Å². The summed E-state index contributed by atoms with van der Waals surface area (Å²) in [6, 6.07) is 16.7. The van der Waals surface area contributed by atoms with Crippen molar-refractivity contribution in [3.63, 3.8) is 0 Å². The van der Waals surface area contributed by atoms with Gasteiger partial charge in [-0.05, 0) is 55.5 Å². The molecule has 172 valence electrons. The Labute approximate surface area is 208 Å². The van der Waals surface area contributed by atoms with Crippen molar-refractivity contribution in [2.24, 2.45) is 0 Å². The highest BCUT2D eigenvalue weighted by atomic mass is 35.5. The van der Waals surface area contributed by atoms with E-state index in [0.717, 1.165) is 0 Å². The zero-order valence-corrected chi connectivity index (χ0v) is 20.1. The van der Waals surface area contributed by atoms with Crippen LogP contribution in [0, 0.1) is 6.92 Å². The molecule has 0 aliphatic heterocycles. The third-order valence-corrected chi connectivity index (χ3v) is 6.23. The van der Waals surface area contributed by atoms with Crippen LogP contribution in [-0.4, -0.2) is 27.5 Å². The number of carbonyl (C=O) groups excluding carboxylic acids is 2. The van der Waals surface area contributed by atoms with E-state index in [0.29, 0.717) is 48.6 Å². The number of anilines is 2. The fraction of sp³-hybridized carbons (Fsp3) is 0.0833. The molecule has 0 atom stereocenters. The molecule has 4 aromatic rings. The summed E-state index contributed by atoms with van der Waals surface area (Å²) in [6.45, 7) is 1.70. The van der Waals surface area contributed by atoms with E-state index in [2.05, 4.69) is 20.6 Å². The van der Waals surface area contributed by atoms with E-state index in [4.69, 9.17) is 23.2 Å². The average molecular weight is 513 g/mol. The average Bonchev–Trinajstić information content (AvgIpc) is 2.77. The van der Waals surface area contributed by atoms with E-state index in [1.165, 1.54) is 11.8 Å². The summed E-state index contributed by atoms with van der Waals surface area (Å²) in [4.78, 5) is 45.2. The number of H-pyrrole nitrogens is 1. The summed E-state index contributed by atoms with van der Waals surface area (Å²) in [5.41, 5.74) is 1.63. The van der Waals surface area contributed by atoms with Gasteiger partial charge in [-0.3, -0.25) is 14.4 Å². The summed E-state index contributed by atoms with van der Waals surface area (Å²) >= 11 is 13.2. The Morgan fingerprint density at radius 3 is 2.47 bits per heavy atom. The number of halogens is 2. The number of aromatic nitrogens is 2. The maximum Gasteiger partial charge on any atom is 0.258 e. The first-order chi connectivity index (χ1) is 16.3. The summed E-state index contributed by atoms with van der Waals surface area (Å²) in [7, 11) is 0. The minimum absolute atomic E-state index is 0.0742. The van der Waals surface area contributed by atoms with Crippen molar-refractivity contribution < 1.29 is 9.59 Å². The van der Waals surface area contributed by atoms with Crippen LogP contribution >= 0.6 is 35.0 Å². The number of amides is 2. The fourth-order valence-corrected chi connectivity index (χ4v) is 4.65. The van der Waals surface area contributed by atoms with Gasteiger partial charge in [-0.15, -0.1) is 11.8 Å². The van der Waals surface area contributed by atoms with Crippen LogP contribution in [-0.2, 0) is 4.79 Å². The SMILES string of the molecule is Cc1nc2ccc(NC(=O)c3ccccc3SCC(=O)Nc3cc(Cl)cc(Cl)c3)cc2c(=O)[nH]1. The molecule has 4 rings (SSSR count). The lowest BCUT2D eigenvalue weighted by Gasteiger charge is -2.11. The zero-order valence-electron chi connectivity index (χ0n) is 17.8. The summed E-state index contributed by atoms with van der Waals surface area (Å²) in [6.07, 6.45) is 0. The van der Waals surface area contributed by atoms with Crippen molar-refractivity contribution in [3.8, 4) is 0 Å². The summed E-state index contributed by atoms with van der Waals surface area (Å²) in [5.74, 6) is -0.0380. The Kier molecular flexibility index (Phi) is 7.21. The van der Waals surface area contributed by atoms with Gasteiger partial charge in [-0.2, -0.15) is 0 Å². The molecule has 0 bridgehead atoms. The third kappa shape index (κ3) is 5.77. The molecule has 1 heterocycles. The van der Waals surface area contributed by atoms with Crippen molar-refractivity contribution >= 4 is 69.1 Å². The minimum Gasteiger partial charge on any atom is -0.325 e. The molecule has 0 saturated heterocycles. The molecular formula is C24H18Cl2N4O3S. The number of hydrogen-bond acceptors (Lipinski definition) is 5. The molecule has 0 saturated carbocycles. The first kappa shape index (κ1) is 23.8. The Bertz CT molecular complexity index is 1450. The number of nitrogens with one attached hydrogen (secondary N) is 3. The molecule has 1 aromatic heterocycles. The highest BCUT2D eigenvalue weighted by Gasteiger charge is 2.14. The van der Waals surface area contributed by atoms with Crippen LogP contribution < -0.4 is 16.2 Å². The number of aryl methyl sites for hydroxylation is 1. The molecule has 10 heteroatoms. The van der Waals surface area contributed by atoms with Crippen LogP contribution in [0.5, 0.6) is 0 Å². The Hall–Kier alpha value is -3.33. The molecule has 7 nitrogen and oxygen atoms in total. The van der Waals surface area contributed by atoms with Gasteiger partial charge in [0.2, 0.25) is 5.91 Å². The van der Waals surface area contributed by atoms with Crippen LogP contribution in [0.3, 0.4) is 0 Å². The van der Waals surface area contributed by atoms with Gasteiger partial charge in [0.1, 0.15) is 5.82 Å². The van der Waals surface area contributed by atoms with Crippen molar-refractivity contribution in [2.45, 2.75) is 11.8 Å². The second-order valence-corrected chi connectivity index (χ2v) is 9.22. The van der Waals surface area contributed by atoms with Gasteiger partial charge in [0.05, 0.1) is 22.2 Å². The lowest BCUT2D eigenvalue weighted by Crippen LogP contribution is -2.16. The lowest BCUT2D eigenvalue weighted by atomic mass is 10.2. The predicted octanol–water partition coefficient (Wildman–Crippen LogP) is 5.52. The van der Waals surface area contributed by atoms with Crippen molar-refractivity contribution in [1.29, 1.82) is 0 Å². The Morgan fingerprint density at radius 1 is 0.971 bits per heavy atom. The van der Waals surface area contributed by atoms with Crippen LogP contribution in [0.2, 0.25) is 10.0 Å². The first-order valence-corrected chi connectivity index (χ1v) is 11.8. The summed E-state index contributed by atoms with van der Waals surface area (Å²) < 4.78 is 0. The molecule has 3 aromatic carbocycles. The maximum atomic E-state index is 13.0. The van der Waals surface area contributed by atoms with E-state index in [9.17, 15) is 14.4 Å². The smallest absolute Gasteiger partial charge is 0.258 e. The molecule has 0 radical (unpaired) electrons. The van der Waals surface area contributed by atoms with Crippen molar-refractivity contribution in [3.05, 3.63) is 92.5 Å². The van der Waals surface area contributed by atoms with Gasteiger partial charge in [0, 0.05) is 26.3 Å². The molecule has 0 fully saturated rings. The molecule has 0 spiro atoms. The molecule has 0 aliphatic rings. The van der Waals surface area contributed by atoms with Gasteiger partial charge >= 0.3 is 0 Å². The van der Waals surface area contributed by atoms with E-state index in [-0.39, 0.29) is 23.1 Å². The lowest BCUT2D eigenvalue weighted by molar-refractivity contribution is -0.113. The molecule has 34 heavy (non-hydrogen) atoms. The van der Waals surface area contributed by atoms with E-state index < -0.39 is 0 Å². The van der Waals surface area contributed by atoms with Crippen LogP contribution in [0.15, 0.2) is 70.4 Å². The normalized spacial score (nSPS) is 10.8. The largest absolute Gasteiger partial charge is 0.325 e. The molecule has 0 aliphatic carbocycles. The molecule has 2 amide bonds. The quantitative estimate of drug-likeness (QED) is 0.295. The number of aromatic amines is 1. The second-order valence-electron chi connectivity index (χ2n) is 7.33. The number of carbonyl (C=O) groups is 2. The van der Waals surface area contributed by atoms with Crippen molar-refractivity contribution in [1.82, 2.24) is 9.97 Å². The number of rotatable bonds is 6. The van der Waals surface area contributed by atoms with Crippen LogP contribution in [0.1, 0.15) is 16.2 Å². The third-order valence-electron chi connectivity index (χ3n) is 4.72. The number of thioether (sulfide) groups is 1. The monoisotopic (exact) mass is 512 g/mol. The Morgan fingerprint density at radius 2 is 1.71 bits per heavy atom. The highest BCUT2D eigenvalue weighted by Crippen LogP contribution is 2.26. The van der Waals surface area contributed by atoms with E-state index >= 15 is 0 Å². The van der Waals surface area contributed by atoms with Crippen molar-refractivity contribution in [2.75, 3.05) is 16.4 Å². The molecular weight excluding hydrogens is 495 g/mol. The number of nitrogens with zero attached hydrogens (tertiary/aromatic N) is 1. The van der Waals surface area contributed by atoms with Gasteiger partial charge in [0.25, 0.3) is 11.5 Å². The van der Waals surface area contributed by atoms with Gasteiger partial charge in [-0.1, -0.05) is 35.3 Å².